The van der Waals surface area contributed by atoms with Gasteiger partial charge in [-0.25, -0.2) is 14.6 Å². The van der Waals surface area contributed by atoms with E-state index < -0.39 is 24.1 Å². The molecule has 0 radical (unpaired) electrons. The van der Waals surface area contributed by atoms with E-state index >= 15 is 0 Å². The number of nitrogens with zero attached hydrogens (tertiary/aromatic N) is 2. The molecule has 1 aliphatic rings. The van der Waals surface area contributed by atoms with Crippen molar-refractivity contribution < 1.29 is 42.5 Å². The van der Waals surface area contributed by atoms with Crippen LogP contribution in [-0.2, 0) is 9.59 Å². The highest BCUT2D eigenvalue weighted by Gasteiger charge is 2.38. The first-order valence-corrected chi connectivity index (χ1v) is 11.5. The Bertz CT molecular complexity index is 1320. The van der Waals surface area contributed by atoms with Crippen LogP contribution in [0.5, 0.6) is 5.75 Å². The number of piperidine rings is 1. The molecule has 2 heterocycles. The topological polar surface area (TPSA) is 167 Å². The van der Waals surface area contributed by atoms with Gasteiger partial charge in [-0.3, -0.25) is 10.2 Å². The lowest BCUT2D eigenvalue weighted by atomic mass is 9.98. The number of rotatable bonds is 5. The van der Waals surface area contributed by atoms with Gasteiger partial charge in [0.25, 0.3) is 0 Å². The van der Waals surface area contributed by atoms with E-state index in [1.165, 1.54) is 11.3 Å². The molecule has 3 aromatic rings. The smallest absolute Gasteiger partial charge is 0.481 e. The number of ether oxygens (including phenoxy) is 1. The third-order valence-electron chi connectivity index (χ3n) is 5.35. The minimum absolute atomic E-state index is 0.0495. The van der Waals surface area contributed by atoms with Gasteiger partial charge in [0, 0.05) is 18.7 Å². The summed E-state index contributed by atoms with van der Waals surface area (Å²) in [6, 6.07) is 11.7. The molecular weight excluding hydrogens is 517 g/mol. The number of carbonyl (C=O) groups excluding carboxylic acids is 1. The maximum absolute atomic E-state index is 12.5. The summed E-state index contributed by atoms with van der Waals surface area (Å²) in [5, 5.41) is 24.5. The summed E-state index contributed by atoms with van der Waals surface area (Å²) in [5.41, 5.74) is 7.19. The molecular formula is C23H21F3N4O6S. The van der Waals surface area contributed by atoms with Crippen LogP contribution < -0.4 is 15.4 Å². The minimum atomic E-state index is -5.08. The quantitative estimate of drug-likeness (QED) is 0.164. The maximum atomic E-state index is 12.5. The molecule has 1 aromatic heterocycles. The molecule has 0 unspecified atom stereocenters. The number of halogens is 3. The van der Waals surface area contributed by atoms with E-state index in [2.05, 4.69) is 9.88 Å². The number of thiazole rings is 1. The van der Waals surface area contributed by atoms with Gasteiger partial charge >= 0.3 is 24.1 Å². The molecule has 0 amide bonds. The summed E-state index contributed by atoms with van der Waals surface area (Å²) in [6.45, 7) is 1.31. The van der Waals surface area contributed by atoms with Crippen LogP contribution in [0.2, 0.25) is 0 Å². The number of hydrogen-bond acceptors (Lipinski definition) is 8. The third kappa shape index (κ3) is 7.16. The number of fused-ring (bicyclic) bond motifs is 1. The second-order valence-corrected chi connectivity index (χ2v) is 8.92. The number of nitrogen functional groups attached to an aromatic ring is 1. The van der Waals surface area contributed by atoms with Gasteiger partial charge in [-0.15, -0.1) is 0 Å². The Morgan fingerprint density at radius 3 is 2.14 bits per heavy atom. The fraction of sp³-hybridized carbons (Fsp3) is 0.261. The van der Waals surface area contributed by atoms with Crippen molar-refractivity contribution in [3.8, 4) is 5.75 Å². The molecule has 14 heteroatoms. The van der Waals surface area contributed by atoms with Crippen molar-refractivity contribution >= 4 is 50.4 Å². The van der Waals surface area contributed by atoms with Gasteiger partial charge in [0.1, 0.15) is 11.6 Å². The number of nitrogens with two attached hydrogens (primary N) is 1. The largest absolute Gasteiger partial charge is 0.490 e. The lowest BCUT2D eigenvalue weighted by molar-refractivity contribution is -0.192. The van der Waals surface area contributed by atoms with Crippen molar-refractivity contribution in [1.29, 1.82) is 5.41 Å². The molecule has 10 nitrogen and oxygen atoms in total. The van der Waals surface area contributed by atoms with Crippen LogP contribution in [0, 0.1) is 11.3 Å². The lowest BCUT2D eigenvalue weighted by Crippen LogP contribution is -2.36. The average Bonchev–Trinajstić information content (AvgIpc) is 3.27. The van der Waals surface area contributed by atoms with Crippen LogP contribution in [0.4, 0.5) is 18.3 Å². The Morgan fingerprint density at radius 2 is 1.62 bits per heavy atom. The van der Waals surface area contributed by atoms with Gasteiger partial charge < -0.3 is 25.6 Å². The monoisotopic (exact) mass is 538 g/mol. The highest BCUT2D eigenvalue weighted by Crippen LogP contribution is 2.32. The molecule has 2 aromatic carbocycles. The van der Waals surface area contributed by atoms with Crippen molar-refractivity contribution in [3.63, 3.8) is 0 Å². The van der Waals surface area contributed by atoms with Crippen LogP contribution in [-0.4, -0.2) is 58.2 Å². The number of amidine groups is 1. The number of carbonyl (C=O) groups is 3. The first kappa shape index (κ1) is 27.4. The van der Waals surface area contributed by atoms with Crippen molar-refractivity contribution in [3.05, 3.63) is 53.6 Å². The fourth-order valence-corrected chi connectivity index (χ4v) is 4.42. The van der Waals surface area contributed by atoms with E-state index in [0.717, 1.165) is 15.3 Å². The van der Waals surface area contributed by atoms with Gasteiger partial charge in [-0.2, -0.15) is 13.2 Å². The number of carboxylic acid groups (broad SMARTS) is 2. The zero-order valence-corrected chi connectivity index (χ0v) is 19.8. The van der Waals surface area contributed by atoms with Crippen molar-refractivity contribution in [2.24, 2.45) is 11.7 Å². The second-order valence-electron chi connectivity index (χ2n) is 7.91. The zero-order valence-electron chi connectivity index (χ0n) is 19.0. The van der Waals surface area contributed by atoms with Gasteiger partial charge in [0.2, 0.25) is 0 Å². The number of alkyl halides is 3. The molecule has 0 spiro atoms. The first-order valence-electron chi connectivity index (χ1n) is 10.7. The summed E-state index contributed by atoms with van der Waals surface area (Å²) in [6.07, 6.45) is -3.88. The van der Waals surface area contributed by atoms with Crippen LogP contribution in [0.1, 0.15) is 28.8 Å². The molecule has 196 valence electrons. The molecule has 0 bridgehead atoms. The Hall–Kier alpha value is -4.20. The molecule has 0 atom stereocenters. The summed E-state index contributed by atoms with van der Waals surface area (Å²) < 4.78 is 38.0. The molecule has 1 aliphatic heterocycles. The number of esters is 1. The Kier molecular flexibility index (Phi) is 8.32. The zero-order chi connectivity index (χ0) is 27.3. The van der Waals surface area contributed by atoms with Crippen LogP contribution in [0.3, 0.4) is 0 Å². The SMILES string of the molecule is N=C(N)c1ccc(OC(=O)c2ccc3nc(N4CCC(C(=O)O)CC4)sc3c2)cc1.O=C(O)C(F)(F)F. The Balaban J connectivity index is 0.000000479. The van der Waals surface area contributed by atoms with E-state index in [-0.39, 0.29) is 11.8 Å². The molecule has 0 aliphatic carbocycles. The Labute approximate surface area is 211 Å². The predicted molar refractivity (Wildman–Crippen MR) is 128 cm³/mol. The predicted octanol–water partition coefficient (Wildman–Crippen LogP) is 3.73. The summed E-state index contributed by atoms with van der Waals surface area (Å²) >= 11 is 1.48. The molecule has 1 fully saturated rings. The summed E-state index contributed by atoms with van der Waals surface area (Å²) in [4.78, 5) is 39.3. The standard InChI is InChI=1S/C21H20N4O4S.C2HF3O2/c22-18(23)12-1-4-15(5-2-12)29-20(28)14-3-6-16-17(11-14)30-21(24-16)25-9-7-13(8-10-25)19(26)27;3-2(4,5)1(6)7/h1-6,11,13H,7-10H2,(H3,22,23)(H,26,27);(H,6,7). The molecule has 4 rings (SSSR count). The average molecular weight is 539 g/mol. The third-order valence-corrected chi connectivity index (χ3v) is 6.42. The van der Waals surface area contributed by atoms with E-state index in [1.54, 1.807) is 42.5 Å². The lowest BCUT2D eigenvalue weighted by Gasteiger charge is -2.29. The van der Waals surface area contributed by atoms with Crippen molar-refractivity contribution in [2.75, 3.05) is 18.0 Å². The normalized spacial score (nSPS) is 14.0. The number of anilines is 1. The van der Waals surface area contributed by atoms with E-state index in [0.29, 0.717) is 42.8 Å². The van der Waals surface area contributed by atoms with Crippen LogP contribution >= 0.6 is 11.3 Å². The maximum Gasteiger partial charge on any atom is 0.490 e. The van der Waals surface area contributed by atoms with Gasteiger partial charge in [-0.1, -0.05) is 11.3 Å². The number of carboxylic acids is 2. The number of benzene rings is 2. The number of hydrogen-bond donors (Lipinski definition) is 4. The molecule has 37 heavy (non-hydrogen) atoms. The summed E-state index contributed by atoms with van der Waals surface area (Å²) in [7, 11) is 0. The van der Waals surface area contributed by atoms with E-state index in [1.807, 2.05) is 0 Å². The van der Waals surface area contributed by atoms with Crippen molar-refractivity contribution in [2.45, 2.75) is 19.0 Å². The summed E-state index contributed by atoms with van der Waals surface area (Å²) in [5.74, 6) is -3.94. The first-order chi connectivity index (χ1) is 17.3. The van der Waals surface area contributed by atoms with Crippen LogP contribution in [0.25, 0.3) is 10.2 Å². The fourth-order valence-electron chi connectivity index (χ4n) is 3.36. The Morgan fingerprint density at radius 1 is 1.05 bits per heavy atom. The highest BCUT2D eigenvalue weighted by molar-refractivity contribution is 7.22. The van der Waals surface area contributed by atoms with Gasteiger partial charge in [0.05, 0.1) is 21.7 Å². The number of aromatic nitrogens is 1. The molecule has 0 saturated carbocycles. The number of aliphatic carboxylic acids is 2. The van der Waals surface area contributed by atoms with E-state index in [4.69, 9.17) is 30.9 Å². The second kappa shape index (κ2) is 11.2. The number of nitrogens with one attached hydrogen (secondary N) is 1. The van der Waals surface area contributed by atoms with Gasteiger partial charge in [0.15, 0.2) is 5.13 Å². The van der Waals surface area contributed by atoms with E-state index in [9.17, 15) is 22.8 Å². The highest BCUT2D eigenvalue weighted by atomic mass is 32.1. The molecule has 1 saturated heterocycles. The van der Waals surface area contributed by atoms with Crippen molar-refractivity contribution in [1.82, 2.24) is 4.98 Å². The molecule has 5 N–H and O–H groups in total. The van der Waals surface area contributed by atoms with Gasteiger partial charge in [-0.05, 0) is 55.3 Å². The van der Waals surface area contributed by atoms with Crippen LogP contribution in [0.15, 0.2) is 42.5 Å². The minimum Gasteiger partial charge on any atom is -0.481 e.